The number of urea groups is 1. The number of nitrogens with one attached hydrogen (secondary N) is 3. The van der Waals surface area contributed by atoms with Gasteiger partial charge in [-0.05, 0) is 55.7 Å². The summed E-state index contributed by atoms with van der Waals surface area (Å²) < 4.78 is 39.3. The van der Waals surface area contributed by atoms with Crippen LogP contribution in [-0.4, -0.2) is 48.0 Å². The summed E-state index contributed by atoms with van der Waals surface area (Å²) in [5, 5.41) is 18.5. The van der Waals surface area contributed by atoms with Crippen molar-refractivity contribution in [3.8, 4) is 5.75 Å². The van der Waals surface area contributed by atoms with Gasteiger partial charge in [-0.2, -0.15) is 0 Å². The van der Waals surface area contributed by atoms with Crippen molar-refractivity contribution in [3.63, 3.8) is 0 Å². The van der Waals surface area contributed by atoms with Gasteiger partial charge in [0.25, 0.3) is 0 Å². The first kappa shape index (κ1) is 25.4. The van der Waals surface area contributed by atoms with E-state index in [1.54, 1.807) is 12.1 Å². The van der Waals surface area contributed by atoms with Gasteiger partial charge in [-0.25, -0.2) is 13.6 Å². The Kier molecular flexibility index (Phi) is 7.57. The van der Waals surface area contributed by atoms with E-state index in [9.17, 15) is 23.5 Å². The van der Waals surface area contributed by atoms with Crippen molar-refractivity contribution in [1.82, 2.24) is 10.6 Å². The van der Waals surface area contributed by atoms with E-state index < -0.39 is 29.9 Å². The highest BCUT2D eigenvalue weighted by Gasteiger charge is 2.46. The second-order valence-electron chi connectivity index (χ2n) is 9.95. The molecule has 0 radical (unpaired) electrons. The molecule has 3 aliphatic rings. The summed E-state index contributed by atoms with van der Waals surface area (Å²) in [5.41, 5.74) is 1.58. The molecule has 4 atom stereocenters. The molecule has 2 aromatic carbocycles. The highest BCUT2D eigenvalue weighted by Crippen LogP contribution is 2.47. The number of benzene rings is 2. The third-order valence-corrected chi connectivity index (χ3v) is 7.34. The van der Waals surface area contributed by atoms with E-state index >= 15 is 0 Å². The topological polar surface area (TPSA) is 109 Å². The highest BCUT2D eigenvalue weighted by atomic mass is 19.1. The van der Waals surface area contributed by atoms with E-state index in [-0.39, 0.29) is 49.0 Å². The largest absolute Gasteiger partial charge is 0.487 e. The van der Waals surface area contributed by atoms with Crippen LogP contribution < -0.4 is 20.7 Å². The maximum Gasteiger partial charge on any atom is 0.319 e. The number of anilines is 1. The fourth-order valence-electron chi connectivity index (χ4n) is 5.54. The minimum Gasteiger partial charge on any atom is -0.487 e. The number of aliphatic hydroxyl groups excluding tert-OH is 1. The molecule has 8 nitrogen and oxygen atoms in total. The Labute approximate surface area is 213 Å². The predicted molar refractivity (Wildman–Crippen MR) is 131 cm³/mol. The second-order valence-corrected chi connectivity index (χ2v) is 9.95. The number of aliphatic hydroxyl groups is 1. The summed E-state index contributed by atoms with van der Waals surface area (Å²) in [6.45, 7) is -0.425. The van der Waals surface area contributed by atoms with Crippen LogP contribution in [0.3, 0.4) is 0 Å². The monoisotopic (exact) mass is 515 g/mol. The molecule has 4 N–H and O–H groups in total. The Hall–Kier alpha value is -3.24. The number of hydrogen-bond acceptors (Lipinski definition) is 5. The molecule has 1 aliphatic carbocycles. The molecule has 0 unspecified atom stereocenters. The number of rotatable bonds is 7. The number of ether oxygens (including phenoxy) is 2. The van der Waals surface area contributed by atoms with Crippen LogP contribution in [0.15, 0.2) is 36.4 Å². The van der Waals surface area contributed by atoms with Crippen LogP contribution >= 0.6 is 0 Å². The zero-order valence-corrected chi connectivity index (χ0v) is 20.3. The molecule has 0 bridgehead atoms. The molecular weight excluding hydrogens is 484 g/mol. The molecule has 0 aromatic heterocycles. The smallest absolute Gasteiger partial charge is 0.319 e. The Morgan fingerprint density at radius 3 is 2.68 bits per heavy atom. The number of amides is 3. The summed E-state index contributed by atoms with van der Waals surface area (Å²) in [5.74, 6) is -1.03. The third-order valence-electron chi connectivity index (χ3n) is 7.34. The quantitative estimate of drug-likeness (QED) is 0.450. The van der Waals surface area contributed by atoms with E-state index in [0.717, 1.165) is 49.4 Å². The minimum atomic E-state index is -0.633. The zero-order chi connectivity index (χ0) is 25.9. The Balaban J connectivity index is 1.22. The van der Waals surface area contributed by atoms with Crippen LogP contribution in [0.2, 0.25) is 0 Å². The van der Waals surface area contributed by atoms with Crippen molar-refractivity contribution in [3.05, 3.63) is 59.2 Å². The lowest BCUT2D eigenvalue weighted by Crippen LogP contribution is -2.47. The maximum absolute atomic E-state index is 13.9. The molecule has 1 saturated carbocycles. The number of carbonyl (C=O) groups is 2. The van der Waals surface area contributed by atoms with Crippen LogP contribution in [-0.2, 0) is 16.1 Å². The molecule has 37 heavy (non-hydrogen) atoms. The summed E-state index contributed by atoms with van der Waals surface area (Å²) in [4.78, 5) is 25.0. The maximum atomic E-state index is 13.9. The fourth-order valence-corrected chi connectivity index (χ4v) is 5.54. The summed E-state index contributed by atoms with van der Waals surface area (Å²) in [7, 11) is 0. The van der Waals surface area contributed by atoms with Gasteiger partial charge in [-0.1, -0.05) is 12.8 Å². The van der Waals surface area contributed by atoms with E-state index in [1.807, 2.05) is 6.07 Å². The molecule has 1 saturated heterocycles. The first-order valence-electron chi connectivity index (χ1n) is 12.7. The van der Waals surface area contributed by atoms with Crippen LogP contribution in [0.25, 0.3) is 0 Å². The van der Waals surface area contributed by atoms with E-state index in [4.69, 9.17) is 9.47 Å². The molecule has 10 heteroatoms. The molecule has 0 spiro atoms. The van der Waals surface area contributed by atoms with Gasteiger partial charge in [-0.15, -0.1) is 0 Å². The molecule has 5 rings (SSSR count). The van der Waals surface area contributed by atoms with Gasteiger partial charge in [0.2, 0.25) is 5.91 Å². The van der Waals surface area contributed by atoms with Gasteiger partial charge < -0.3 is 30.5 Å². The van der Waals surface area contributed by atoms with Gasteiger partial charge in [0, 0.05) is 35.3 Å². The van der Waals surface area contributed by atoms with E-state index in [0.29, 0.717) is 17.9 Å². The number of halogens is 2. The highest BCUT2D eigenvalue weighted by molar-refractivity contribution is 5.89. The van der Waals surface area contributed by atoms with Crippen LogP contribution in [0.1, 0.15) is 55.6 Å². The third kappa shape index (κ3) is 5.86. The van der Waals surface area contributed by atoms with Crippen LogP contribution in [0.5, 0.6) is 5.75 Å². The lowest BCUT2D eigenvalue weighted by atomic mass is 9.84. The van der Waals surface area contributed by atoms with Crippen LogP contribution in [0, 0.1) is 11.6 Å². The Morgan fingerprint density at radius 2 is 1.89 bits per heavy atom. The standard InChI is InChI=1S/C27H31F2N3O5/c28-16-5-7-22(29)15(9-16)13-30-25(34)12-19-11-21-20-10-18(32-27(35)31-17-3-1-2-4-17)6-8-23(20)37-26(21)24(14-33)36-19/h5-10,17,19,21,24,26,33H,1-4,11-14H2,(H,30,34)(H2,31,32,35)/t19-,21+,24-,26-/m1/s1. The molecule has 198 valence electrons. The van der Waals surface area contributed by atoms with Gasteiger partial charge in [0.05, 0.1) is 19.1 Å². The van der Waals surface area contributed by atoms with Gasteiger partial charge >= 0.3 is 6.03 Å². The molecule has 3 amide bonds. The lowest BCUT2D eigenvalue weighted by Gasteiger charge is -2.37. The minimum absolute atomic E-state index is 0.00623. The Morgan fingerprint density at radius 1 is 1.08 bits per heavy atom. The molecule has 2 fully saturated rings. The van der Waals surface area contributed by atoms with Crippen molar-refractivity contribution in [2.24, 2.45) is 0 Å². The van der Waals surface area contributed by atoms with Crippen LogP contribution in [0.4, 0.5) is 19.3 Å². The average Bonchev–Trinajstić information content (AvgIpc) is 3.51. The predicted octanol–water partition coefficient (Wildman–Crippen LogP) is 3.73. The van der Waals surface area contributed by atoms with E-state index in [1.165, 1.54) is 0 Å². The first-order valence-corrected chi connectivity index (χ1v) is 12.7. The van der Waals surface area contributed by atoms with Crippen molar-refractivity contribution >= 4 is 17.6 Å². The SMILES string of the molecule is O=C(C[C@H]1C[C@H]2c3cc(NC(=O)NC4CCCC4)ccc3O[C@H]2[C@@H](CO)O1)NCc1cc(F)ccc1F. The normalized spacial score (nSPS) is 24.6. The van der Waals surface area contributed by atoms with Crippen molar-refractivity contribution in [2.75, 3.05) is 11.9 Å². The molecule has 2 aliphatic heterocycles. The molecule has 2 aromatic rings. The average molecular weight is 516 g/mol. The summed E-state index contributed by atoms with van der Waals surface area (Å²) >= 11 is 0. The van der Waals surface area contributed by atoms with E-state index in [2.05, 4.69) is 16.0 Å². The fraction of sp³-hybridized carbons (Fsp3) is 0.481. The van der Waals surface area contributed by atoms with Gasteiger partial charge in [0.1, 0.15) is 29.6 Å². The van der Waals surface area contributed by atoms with Gasteiger partial charge in [0.15, 0.2) is 0 Å². The number of carbonyl (C=O) groups excluding carboxylic acids is 2. The molecule has 2 heterocycles. The number of hydrogen-bond donors (Lipinski definition) is 4. The van der Waals surface area contributed by atoms with Gasteiger partial charge in [-0.3, -0.25) is 4.79 Å². The Bertz CT molecular complexity index is 1160. The van der Waals surface area contributed by atoms with Crippen molar-refractivity contribution < 1.29 is 33.0 Å². The van der Waals surface area contributed by atoms with Crippen molar-refractivity contribution in [2.45, 2.75) is 75.3 Å². The zero-order valence-electron chi connectivity index (χ0n) is 20.3. The summed E-state index contributed by atoms with van der Waals surface area (Å²) in [6.07, 6.45) is 3.13. The molecular formula is C27H31F2N3O5. The number of fused-ring (bicyclic) bond motifs is 3. The van der Waals surface area contributed by atoms with Crippen molar-refractivity contribution in [1.29, 1.82) is 0 Å². The summed E-state index contributed by atoms with van der Waals surface area (Å²) in [6, 6.07) is 8.49. The second kappa shape index (κ2) is 11.0. The lowest BCUT2D eigenvalue weighted by molar-refractivity contribution is -0.142. The first-order chi connectivity index (χ1) is 17.9.